The van der Waals surface area contributed by atoms with E-state index in [4.69, 9.17) is 0 Å². The molecule has 26 heavy (non-hydrogen) atoms. The number of para-hydroxylation sites is 1. The summed E-state index contributed by atoms with van der Waals surface area (Å²) in [4.78, 5) is 0. The maximum atomic E-state index is 15.3. The van der Waals surface area contributed by atoms with Crippen molar-refractivity contribution < 1.29 is 8.78 Å². The van der Waals surface area contributed by atoms with Crippen molar-refractivity contribution in [3.8, 4) is 0 Å². The molecule has 4 heteroatoms. The Labute approximate surface area is 161 Å². The van der Waals surface area contributed by atoms with E-state index in [1.165, 1.54) is 12.1 Å². The number of benzene rings is 3. The summed E-state index contributed by atoms with van der Waals surface area (Å²) in [6.45, 7) is 4.15. The average molecular weight is 416 g/mol. The molecule has 0 aromatic heterocycles. The van der Waals surface area contributed by atoms with Crippen LogP contribution in [0, 0.1) is 13.8 Å². The Morgan fingerprint density at radius 3 is 2.15 bits per heavy atom. The van der Waals surface area contributed by atoms with Crippen LogP contribution in [0.4, 0.5) is 14.5 Å². The van der Waals surface area contributed by atoms with Gasteiger partial charge in [-0.2, -0.15) is 8.78 Å². The predicted molar refractivity (Wildman–Crippen MR) is 107 cm³/mol. The van der Waals surface area contributed by atoms with Crippen molar-refractivity contribution in [1.29, 1.82) is 0 Å². The van der Waals surface area contributed by atoms with Gasteiger partial charge in [-0.15, -0.1) is 0 Å². The van der Waals surface area contributed by atoms with Gasteiger partial charge < -0.3 is 5.32 Å². The fourth-order valence-electron chi connectivity index (χ4n) is 2.88. The highest BCUT2D eigenvalue weighted by molar-refractivity contribution is 9.10. The second kappa shape index (κ2) is 7.58. The number of hydrogen-bond acceptors (Lipinski definition) is 1. The average Bonchev–Trinajstić information content (AvgIpc) is 2.63. The molecule has 1 nitrogen and oxygen atoms in total. The van der Waals surface area contributed by atoms with Gasteiger partial charge in [-0.25, -0.2) is 0 Å². The van der Waals surface area contributed by atoms with Gasteiger partial charge >= 0.3 is 0 Å². The van der Waals surface area contributed by atoms with E-state index in [1.54, 1.807) is 18.2 Å². The number of anilines is 1. The van der Waals surface area contributed by atoms with Crippen LogP contribution in [-0.4, -0.2) is 0 Å². The summed E-state index contributed by atoms with van der Waals surface area (Å²) < 4.78 is 31.3. The monoisotopic (exact) mass is 415 g/mol. The van der Waals surface area contributed by atoms with Crippen molar-refractivity contribution in [1.82, 2.24) is 0 Å². The highest BCUT2D eigenvalue weighted by Gasteiger charge is 2.36. The van der Waals surface area contributed by atoms with E-state index in [-0.39, 0.29) is 11.1 Å². The number of hydrogen-bond donors (Lipinski definition) is 1. The third-order valence-corrected chi connectivity index (χ3v) is 5.05. The van der Waals surface area contributed by atoms with E-state index >= 15 is 8.78 Å². The first-order valence-electron chi connectivity index (χ1n) is 8.41. The molecule has 0 bridgehead atoms. The van der Waals surface area contributed by atoms with Crippen LogP contribution in [0.15, 0.2) is 71.2 Å². The summed E-state index contributed by atoms with van der Waals surface area (Å²) in [5.41, 5.74) is 3.41. The van der Waals surface area contributed by atoms with Crippen LogP contribution in [0.5, 0.6) is 0 Å². The fourth-order valence-corrected chi connectivity index (χ4v) is 3.15. The molecule has 0 heterocycles. The number of alkyl halides is 2. The molecule has 0 radical (unpaired) electrons. The van der Waals surface area contributed by atoms with Crippen molar-refractivity contribution in [2.75, 3.05) is 5.32 Å². The summed E-state index contributed by atoms with van der Waals surface area (Å²) >= 11 is 3.30. The fraction of sp³-hybridized carbons (Fsp3) is 0.182. The molecule has 0 aliphatic rings. The van der Waals surface area contributed by atoms with Gasteiger partial charge in [0.1, 0.15) is 0 Å². The van der Waals surface area contributed by atoms with Gasteiger partial charge in [-0.1, -0.05) is 52.3 Å². The van der Waals surface area contributed by atoms with Gasteiger partial charge in [0, 0.05) is 27.8 Å². The van der Waals surface area contributed by atoms with E-state index in [2.05, 4.69) is 21.2 Å². The minimum atomic E-state index is -3.06. The first-order valence-corrected chi connectivity index (χ1v) is 9.20. The first kappa shape index (κ1) is 18.6. The molecule has 0 saturated heterocycles. The molecule has 134 valence electrons. The standard InChI is InChI=1S/C22H20BrF2N/c1-15-12-17(14-26-20-6-4-3-5-7-20)21(13-16(15)2)22(24,25)18-8-10-19(23)11-9-18/h3-13,26H,14H2,1-2H3. The maximum absolute atomic E-state index is 15.3. The number of halogens is 3. The summed E-state index contributed by atoms with van der Waals surface area (Å²) in [6.07, 6.45) is 0. The minimum Gasteiger partial charge on any atom is -0.381 e. The Morgan fingerprint density at radius 1 is 0.885 bits per heavy atom. The van der Waals surface area contributed by atoms with Crippen LogP contribution >= 0.6 is 15.9 Å². The number of rotatable bonds is 5. The van der Waals surface area contributed by atoms with E-state index in [1.807, 2.05) is 50.2 Å². The van der Waals surface area contributed by atoms with Crippen LogP contribution < -0.4 is 5.32 Å². The molecule has 0 atom stereocenters. The second-order valence-electron chi connectivity index (χ2n) is 6.39. The van der Waals surface area contributed by atoms with Crippen molar-refractivity contribution in [3.05, 3.63) is 99.0 Å². The lowest BCUT2D eigenvalue weighted by molar-refractivity contribution is 0.0418. The van der Waals surface area contributed by atoms with Gasteiger partial charge in [0.25, 0.3) is 5.92 Å². The third kappa shape index (κ3) is 3.96. The summed E-state index contributed by atoms with van der Waals surface area (Å²) in [6, 6.07) is 19.3. The highest BCUT2D eigenvalue weighted by Crippen LogP contribution is 2.39. The molecule has 3 aromatic carbocycles. The number of nitrogens with one attached hydrogen (secondary N) is 1. The molecule has 0 aliphatic carbocycles. The molecule has 0 amide bonds. The second-order valence-corrected chi connectivity index (χ2v) is 7.31. The summed E-state index contributed by atoms with van der Waals surface area (Å²) in [5.74, 6) is -3.06. The smallest absolute Gasteiger partial charge is 0.298 e. The van der Waals surface area contributed by atoms with Crippen molar-refractivity contribution in [2.24, 2.45) is 0 Å². The lowest BCUT2D eigenvalue weighted by atomic mass is 9.92. The number of aryl methyl sites for hydroxylation is 2. The van der Waals surface area contributed by atoms with E-state index in [0.29, 0.717) is 12.1 Å². The zero-order valence-electron chi connectivity index (χ0n) is 14.7. The topological polar surface area (TPSA) is 12.0 Å². The largest absolute Gasteiger partial charge is 0.381 e. The molecular formula is C22H20BrF2N. The highest BCUT2D eigenvalue weighted by atomic mass is 79.9. The molecule has 3 aromatic rings. The quantitative estimate of drug-likeness (QED) is 0.481. The normalized spacial score (nSPS) is 11.4. The van der Waals surface area contributed by atoms with E-state index in [9.17, 15) is 0 Å². The minimum absolute atomic E-state index is 0.00934. The zero-order chi connectivity index (χ0) is 18.7. The zero-order valence-corrected chi connectivity index (χ0v) is 16.3. The predicted octanol–water partition coefficient (Wildman–Crippen LogP) is 6.82. The maximum Gasteiger partial charge on any atom is 0.298 e. The Hall–Kier alpha value is -2.20. The van der Waals surface area contributed by atoms with Gasteiger partial charge in [-0.05, 0) is 60.9 Å². The first-order chi connectivity index (χ1) is 12.4. The van der Waals surface area contributed by atoms with Crippen LogP contribution in [0.3, 0.4) is 0 Å². The Balaban J connectivity index is 1.99. The molecule has 0 aliphatic heterocycles. The molecule has 1 N–H and O–H groups in total. The van der Waals surface area contributed by atoms with Crippen LogP contribution in [0.2, 0.25) is 0 Å². The molecule has 0 spiro atoms. The lowest BCUT2D eigenvalue weighted by Crippen LogP contribution is -2.19. The molecule has 0 saturated carbocycles. The summed E-state index contributed by atoms with van der Waals surface area (Å²) in [7, 11) is 0. The van der Waals surface area contributed by atoms with E-state index in [0.717, 1.165) is 21.3 Å². The molecule has 0 fully saturated rings. The van der Waals surface area contributed by atoms with E-state index < -0.39 is 5.92 Å². The van der Waals surface area contributed by atoms with Crippen LogP contribution in [0.25, 0.3) is 0 Å². The Kier molecular flexibility index (Phi) is 5.42. The summed E-state index contributed by atoms with van der Waals surface area (Å²) in [5, 5.41) is 3.24. The van der Waals surface area contributed by atoms with Crippen LogP contribution in [-0.2, 0) is 12.5 Å². The van der Waals surface area contributed by atoms with Crippen molar-refractivity contribution >= 4 is 21.6 Å². The molecule has 0 unspecified atom stereocenters. The lowest BCUT2D eigenvalue weighted by Gasteiger charge is -2.23. The SMILES string of the molecule is Cc1cc(CNc2ccccc2)c(C(F)(F)c2ccc(Br)cc2)cc1C. The Morgan fingerprint density at radius 2 is 1.50 bits per heavy atom. The van der Waals surface area contributed by atoms with Crippen molar-refractivity contribution in [2.45, 2.75) is 26.3 Å². The van der Waals surface area contributed by atoms with Crippen LogP contribution in [0.1, 0.15) is 27.8 Å². The van der Waals surface area contributed by atoms with Gasteiger partial charge in [0.05, 0.1) is 0 Å². The third-order valence-electron chi connectivity index (χ3n) is 4.52. The Bertz CT molecular complexity index is 890. The van der Waals surface area contributed by atoms with Gasteiger partial charge in [0.15, 0.2) is 0 Å². The van der Waals surface area contributed by atoms with Crippen molar-refractivity contribution in [3.63, 3.8) is 0 Å². The molecule has 3 rings (SSSR count). The molecular weight excluding hydrogens is 396 g/mol. The van der Waals surface area contributed by atoms with Gasteiger partial charge in [-0.3, -0.25) is 0 Å². The van der Waals surface area contributed by atoms with Gasteiger partial charge in [0.2, 0.25) is 0 Å².